The topological polar surface area (TPSA) is 153 Å². The van der Waals surface area contributed by atoms with Gasteiger partial charge in [0.25, 0.3) is 5.69 Å². The minimum Gasteiger partial charge on any atom is -0.494 e. The molecule has 11 heteroatoms. The van der Waals surface area contributed by atoms with Gasteiger partial charge in [-0.1, -0.05) is 36.4 Å². The predicted molar refractivity (Wildman–Crippen MR) is 175 cm³/mol. The summed E-state index contributed by atoms with van der Waals surface area (Å²) in [6.07, 6.45) is 7.03. The molecule has 1 fully saturated rings. The zero-order valence-electron chi connectivity index (χ0n) is 25.0. The summed E-state index contributed by atoms with van der Waals surface area (Å²) in [6, 6.07) is 20.1. The summed E-state index contributed by atoms with van der Waals surface area (Å²) in [6.45, 7) is 4.11. The number of carbonyl (C=O) groups is 1. The highest BCUT2D eigenvalue weighted by molar-refractivity contribution is 6.22. The Labute approximate surface area is 260 Å². The average molecular weight is 606 g/mol. The van der Waals surface area contributed by atoms with Crippen LogP contribution in [0.2, 0.25) is 0 Å². The number of hydrogen-bond donors (Lipinski definition) is 4. The number of aromatic nitrogens is 3. The van der Waals surface area contributed by atoms with E-state index in [9.17, 15) is 20.0 Å². The van der Waals surface area contributed by atoms with Gasteiger partial charge in [0.05, 0.1) is 33.8 Å². The van der Waals surface area contributed by atoms with Crippen LogP contribution < -0.4 is 10.2 Å². The summed E-state index contributed by atoms with van der Waals surface area (Å²) < 4.78 is 0. The van der Waals surface area contributed by atoms with E-state index in [0.29, 0.717) is 34.4 Å². The van der Waals surface area contributed by atoms with Crippen LogP contribution in [-0.2, 0) is 11.2 Å². The van der Waals surface area contributed by atoms with Crippen molar-refractivity contribution in [2.75, 3.05) is 24.5 Å². The lowest BCUT2D eigenvalue weighted by molar-refractivity contribution is -0.384. The number of piperidine rings is 1. The number of hydrogen-bond acceptors (Lipinski definition) is 7. The number of carbonyl (C=O) groups excluding carboxylic acids is 1. The van der Waals surface area contributed by atoms with E-state index in [4.69, 9.17) is 4.99 Å². The van der Waals surface area contributed by atoms with E-state index in [1.54, 1.807) is 6.07 Å². The van der Waals surface area contributed by atoms with Crippen molar-refractivity contribution in [2.24, 2.45) is 4.99 Å². The molecule has 3 heterocycles. The van der Waals surface area contributed by atoms with Crippen LogP contribution in [0.25, 0.3) is 22.2 Å². The number of aryl methyl sites for hydroxylation is 1. The van der Waals surface area contributed by atoms with Crippen molar-refractivity contribution >= 4 is 39.8 Å². The monoisotopic (exact) mass is 605 g/mol. The second-order valence-corrected chi connectivity index (χ2v) is 11.3. The third-order valence-electron chi connectivity index (χ3n) is 8.09. The highest BCUT2D eigenvalue weighted by atomic mass is 16.6. The maximum atomic E-state index is 11.6. The third kappa shape index (κ3) is 6.72. The van der Waals surface area contributed by atoms with Crippen LogP contribution in [0, 0.1) is 10.1 Å². The molecule has 230 valence electrons. The lowest BCUT2D eigenvalue weighted by Crippen LogP contribution is -2.30. The number of anilines is 1. The van der Waals surface area contributed by atoms with Crippen molar-refractivity contribution in [3.05, 3.63) is 99.7 Å². The van der Waals surface area contributed by atoms with Crippen LogP contribution in [-0.4, -0.2) is 56.2 Å². The molecule has 0 spiro atoms. The summed E-state index contributed by atoms with van der Waals surface area (Å²) in [5.74, 6) is 0.712. The molecule has 3 aromatic carbocycles. The normalized spacial score (nSPS) is 13.7. The Balaban J connectivity index is 1.34. The van der Waals surface area contributed by atoms with E-state index in [2.05, 4.69) is 25.2 Å². The second kappa shape index (κ2) is 13.0. The maximum Gasteiger partial charge on any atom is 0.270 e. The lowest BCUT2D eigenvalue weighted by atomic mass is 9.98. The van der Waals surface area contributed by atoms with Crippen LogP contribution in [0.1, 0.15) is 49.3 Å². The number of rotatable bonds is 10. The van der Waals surface area contributed by atoms with Gasteiger partial charge < -0.3 is 25.3 Å². The van der Waals surface area contributed by atoms with E-state index in [0.717, 1.165) is 54.3 Å². The van der Waals surface area contributed by atoms with Crippen molar-refractivity contribution in [3.63, 3.8) is 0 Å². The number of imidazole rings is 1. The van der Waals surface area contributed by atoms with Crippen molar-refractivity contribution in [1.82, 2.24) is 20.3 Å². The molecule has 1 aliphatic heterocycles. The number of non-ortho nitro benzene ring substituents is 1. The molecule has 5 aromatic rings. The van der Waals surface area contributed by atoms with Gasteiger partial charge in [-0.05, 0) is 61.4 Å². The van der Waals surface area contributed by atoms with Crippen LogP contribution in [0.15, 0.2) is 77.9 Å². The lowest BCUT2D eigenvalue weighted by Gasteiger charge is -2.25. The summed E-state index contributed by atoms with van der Waals surface area (Å²) in [5, 5.41) is 26.0. The van der Waals surface area contributed by atoms with Crippen LogP contribution in [0.4, 0.5) is 17.3 Å². The van der Waals surface area contributed by atoms with E-state index in [-0.39, 0.29) is 17.5 Å². The number of nitrogens with one attached hydrogen (secondary N) is 3. The van der Waals surface area contributed by atoms with Crippen LogP contribution in [0.5, 0.6) is 5.88 Å². The number of amides is 1. The van der Waals surface area contributed by atoms with Crippen LogP contribution >= 0.6 is 0 Å². The van der Waals surface area contributed by atoms with Gasteiger partial charge in [-0.15, -0.1) is 0 Å². The molecular formula is C34H35N7O4. The molecule has 2 aromatic heterocycles. The van der Waals surface area contributed by atoms with Gasteiger partial charge >= 0.3 is 0 Å². The molecular weight excluding hydrogens is 570 g/mol. The largest absolute Gasteiger partial charge is 0.494 e. The molecule has 0 saturated carbocycles. The Hall–Kier alpha value is -5.45. The second-order valence-electron chi connectivity index (χ2n) is 11.3. The molecule has 0 bridgehead atoms. The van der Waals surface area contributed by atoms with Gasteiger partial charge in [0, 0.05) is 55.2 Å². The standard InChI is InChI=1S/C34H35N7O4/c1-22(42)35-17-5-6-23-7-9-25(10-8-23)32(31-28-20-27(41(44)45)15-16-29(28)38-33(31)43)37-26-13-11-24(12-14-26)30-21-36-34(39-30)40-18-3-2-4-19-40/h7-16,20-21,38,43H,2-6,17-19H2,1H3,(H,35,42)(H,36,39). The van der Waals surface area contributed by atoms with Gasteiger partial charge in [-0.2, -0.15) is 0 Å². The highest BCUT2D eigenvalue weighted by Crippen LogP contribution is 2.34. The SMILES string of the molecule is CC(=O)NCCCc1ccc(C(=Nc2ccc(-c3cnc(N4CCCCC4)[nH]3)cc2)c2c(O)[nH]c3ccc([N+](=O)[O-])cc23)cc1. The highest BCUT2D eigenvalue weighted by Gasteiger charge is 2.21. The fourth-order valence-electron chi connectivity index (χ4n) is 5.74. The molecule has 6 rings (SSSR count). The Bertz CT molecular complexity index is 1850. The fraction of sp³-hybridized carbons (Fsp3) is 0.265. The minimum atomic E-state index is -0.454. The summed E-state index contributed by atoms with van der Waals surface area (Å²) in [5.41, 5.74) is 5.73. The number of fused-ring (bicyclic) bond motifs is 1. The summed E-state index contributed by atoms with van der Waals surface area (Å²) in [7, 11) is 0. The Morgan fingerprint density at radius 1 is 1.04 bits per heavy atom. The zero-order valence-corrected chi connectivity index (χ0v) is 25.0. The summed E-state index contributed by atoms with van der Waals surface area (Å²) in [4.78, 5) is 40.6. The quantitative estimate of drug-likeness (QED) is 0.0626. The van der Waals surface area contributed by atoms with E-state index in [1.807, 2.05) is 54.7 Å². The smallest absolute Gasteiger partial charge is 0.270 e. The molecule has 1 saturated heterocycles. The van der Waals surface area contributed by atoms with Crippen molar-refractivity contribution in [1.29, 1.82) is 0 Å². The number of nitrogens with zero attached hydrogens (tertiary/aromatic N) is 4. The minimum absolute atomic E-state index is 0.0511. The third-order valence-corrected chi connectivity index (χ3v) is 8.09. The number of aliphatic imine (C=N–C) groups is 1. The zero-order chi connectivity index (χ0) is 31.3. The molecule has 0 radical (unpaired) electrons. The number of aromatic hydroxyl groups is 1. The molecule has 0 unspecified atom stereocenters. The first-order valence-electron chi connectivity index (χ1n) is 15.2. The number of H-pyrrole nitrogens is 2. The van der Waals surface area contributed by atoms with Crippen molar-refractivity contribution < 1.29 is 14.8 Å². The average Bonchev–Trinajstić information content (AvgIpc) is 3.67. The molecule has 1 aliphatic rings. The molecule has 1 amide bonds. The Morgan fingerprint density at radius 3 is 2.51 bits per heavy atom. The van der Waals surface area contributed by atoms with Gasteiger partial charge in [0.15, 0.2) is 5.88 Å². The Morgan fingerprint density at radius 2 is 1.80 bits per heavy atom. The first-order valence-corrected chi connectivity index (χ1v) is 15.2. The van der Waals surface area contributed by atoms with Gasteiger partial charge in [0.2, 0.25) is 11.9 Å². The van der Waals surface area contributed by atoms with E-state index in [1.165, 1.54) is 38.3 Å². The van der Waals surface area contributed by atoms with Gasteiger partial charge in [-0.3, -0.25) is 14.9 Å². The maximum absolute atomic E-state index is 11.6. The molecule has 0 atom stereocenters. The summed E-state index contributed by atoms with van der Waals surface area (Å²) >= 11 is 0. The predicted octanol–water partition coefficient (Wildman–Crippen LogP) is 6.40. The number of nitro groups is 1. The molecule has 0 aliphatic carbocycles. The van der Waals surface area contributed by atoms with Gasteiger partial charge in [-0.25, -0.2) is 9.98 Å². The van der Waals surface area contributed by atoms with Crippen molar-refractivity contribution in [2.45, 2.75) is 39.0 Å². The number of aromatic amines is 2. The first kappa shape index (κ1) is 29.6. The van der Waals surface area contributed by atoms with Gasteiger partial charge in [0.1, 0.15) is 0 Å². The fourth-order valence-corrected chi connectivity index (χ4v) is 5.74. The van der Waals surface area contributed by atoms with Crippen LogP contribution in [0.3, 0.4) is 0 Å². The van der Waals surface area contributed by atoms with E-state index < -0.39 is 4.92 Å². The van der Waals surface area contributed by atoms with Crippen molar-refractivity contribution in [3.8, 4) is 17.1 Å². The first-order chi connectivity index (χ1) is 21.9. The molecule has 4 N–H and O–H groups in total. The molecule has 11 nitrogen and oxygen atoms in total. The number of nitro benzene ring substituents is 1. The number of benzene rings is 3. The Kier molecular flexibility index (Phi) is 8.58. The van der Waals surface area contributed by atoms with E-state index >= 15 is 0 Å². The molecule has 45 heavy (non-hydrogen) atoms.